The fourth-order valence-electron chi connectivity index (χ4n) is 3.76. The van der Waals surface area contributed by atoms with Gasteiger partial charge in [-0.2, -0.15) is 5.26 Å². The van der Waals surface area contributed by atoms with Crippen LogP contribution in [0, 0.1) is 23.7 Å². The number of thiazole rings is 1. The lowest BCUT2D eigenvalue weighted by Gasteiger charge is -2.25. The van der Waals surface area contributed by atoms with Crippen molar-refractivity contribution in [1.82, 2.24) is 14.8 Å². The van der Waals surface area contributed by atoms with Gasteiger partial charge >= 0.3 is 0 Å². The number of piperidine rings is 1. The Morgan fingerprint density at radius 1 is 1.23 bits per heavy atom. The second-order valence-electron chi connectivity index (χ2n) is 7.95. The molecule has 1 aromatic carbocycles. The zero-order valence-electron chi connectivity index (χ0n) is 19.6. The minimum Gasteiger partial charge on any atom is -0.360 e. The van der Waals surface area contributed by atoms with Crippen LogP contribution >= 0.6 is 11.3 Å². The van der Waals surface area contributed by atoms with Crippen molar-refractivity contribution in [1.29, 1.82) is 5.26 Å². The molecule has 2 aromatic rings. The molecule has 1 fully saturated rings. The van der Waals surface area contributed by atoms with Gasteiger partial charge in [0.1, 0.15) is 15.3 Å². The van der Waals surface area contributed by atoms with E-state index in [4.69, 9.17) is 6.42 Å². The molecule has 0 spiro atoms. The second-order valence-corrected chi connectivity index (χ2v) is 8.98. The van der Waals surface area contributed by atoms with Crippen molar-refractivity contribution in [3.05, 3.63) is 43.8 Å². The SMILES string of the molecule is C#CCNC(=O)C(C#N)=c1sc(=CNc2cccc(NC(=O)CN3CCCCC3)c2)c(=O)n1CC. The summed E-state index contributed by atoms with van der Waals surface area (Å²) in [5, 5.41) is 18.0. The number of carbonyl (C=O) groups excluding carboxylic acids is 2. The summed E-state index contributed by atoms with van der Waals surface area (Å²) in [6.45, 7) is 4.29. The Hall–Kier alpha value is -3.86. The van der Waals surface area contributed by atoms with E-state index in [1.807, 2.05) is 12.1 Å². The van der Waals surface area contributed by atoms with Crippen molar-refractivity contribution < 1.29 is 9.59 Å². The molecule has 1 saturated heterocycles. The molecule has 1 aliphatic rings. The predicted molar refractivity (Wildman–Crippen MR) is 138 cm³/mol. The number of nitrogens with zero attached hydrogens (tertiary/aromatic N) is 3. The highest BCUT2D eigenvalue weighted by atomic mass is 32.1. The third-order valence-corrected chi connectivity index (χ3v) is 6.59. The number of carbonyl (C=O) groups is 2. The number of anilines is 2. The summed E-state index contributed by atoms with van der Waals surface area (Å²) < 4.78 is 1.98. The number of rotatable bonds is 8. The molecular weight excluding hydrogens is 464 g/mol. The zero-order valence-corrected chi connectivity index (χ0v) is 20.4. The van der Waals surface area contributed by atoms with Gasteiger partial charge in [-0.05, 0) is 51.1 Å². The summed E-state index contributed by atoms with van der Waals surface area (Å²) in [6.07, 6.45) is 10.2. The number of likely N-dealkylation sites (tertiary alicyclic amines) is 1. The number of nitriles is 1. The van der Waals surface area contributed by atoms with E-state index in [2.05, 4.69) is 26.8 Å². The summed E-state index contributed by atoms with van der Waals surface area (Å²) in [7, 11) is 0. The van der Waals surface area contributed by atoms with Gasteiger partial charge in [0.05, 0.1) is 13.1 Å². The summed E-state index contributed by atoms with van der Waals surface area (Å²) >= 11 is 1.04. The van der Waals surface area contributed by atoms with Gasteiger partial charge in [-0.25, -0.2) is 0 Å². The van der Waals surface area contributed by atoms with E-state index >= 15 is 0 Å². The van der Waals surface area contributed by atoms with Crippen LogP contribution in [0.5, 0.6) is 0 Å². The molecule has 0 unspecified atom stereocenters. The van der Waals surface area contributed by atoms with Crippen molar-refractivity contribution in [3.8, 4) is 18.4 Å². The van der Waals surface area contributed by atoms with E-state index < -0.39 is 5.91 Å². The lowest BCUT2D eigenvalue weighted by atomic mass is 10.1. The summed E-state index contributed by atoms with van der Waals surface area (Å²) in [5.74, 6) is 1.60. The maximum atomic E-state index is 12.9. The van der Waals surface area contributed by atoms with Gasteiger partial charge < -0.3 is 16.0 Å². The lowest BCUT2D eigenvalue weighted by molar-refractivity contribution is -0.117. The molecule has 9 nitrogen and oxygen atoms in total. The van der Waals surface area contributed by atoms with Crippen LogP contribution in [0.4, 0.5) is 11.4 Å². The van der Waals surface area contributed by atoms with Crippen LogP contribution in [0.25, 0.3) is 11.8 Å². The molecule has 3 rings (SSSR count). The number of hydrogen-bond donors (Lipinski definition) is 3. The monoisotopic (exact) mass is 492 g/mol. The van der Waals surface area contributed by atoms with E-state index in [1.165, 1.54) is 17.2 Å². The van der Waals surface area contributed by atoms with E-state index in [0.29, 0.717) is 29.0 Å². The van der Waals surface area contributed by atoms with Gasteiger partial charge in [-0.1, -0.05) is 18.4 Å². The maximum Gasteiger partial charge on any atom is 0.270 e. The average Bonchev–Trinajstić information content (AvgIpc) is 3.17. The number of terminal acetylenes is 1. The standard InChI is InChI=1S/C25H28N6O3S/c1-3-11-27-23(33)20(15-26)25-31(4-2)24(34)21(35-25)16-28-18-9-8-10-19(14-18)29-22(32)17-30-12-6-5-7-13-30/h1,8-10,14,16,28H,4-7,11-13,17H2,2H3,(H,27,33)(H,29,32). The molecule has 2 heterocycles. The Morgan fingerprint density at radius 2 is 1.97 bits per heavy atom. The van der Waals surface area contributed by atoms with Crippen molar-refractivity contribution in [2.75, 3.05) is 36.8 Å². The summed E-state index contributed by atoms with van der Waals surface area (Å²) in [4.78, 5) is 39.7. The topological polar surface area (TPSA) is 119 Å². The number of aromatic nitrogens is 1. The first-order valence-electron chi connectivity index (χ1n) is 11.4. The largest absolute Gasteiger partial charge is 0.360 e. The smallest absolute Gasteiger partial charge is 0.270 e. The first kappa shape index (κ1) is 25.8. The maximum absolute atomic E-state index is 12.9. The molecule has 0 aliphatic carbocycles. The molecule has 10 heteroatoms. The molecule has 1 aromatic heterocycles. The molecule has 2 amide bonds. The molecule has 0 saturated carbocycles. The quantitative estimate of drug-likeness (QED) is 0.465. The Bertz CT molecular complexity index is 1340. The third-order valence-electron chi connectivity index (χ3n) is 5.46. The fourth-order valence-corrected chi connectivity index (χ4v) is 4.85. The molecule has 35 heavy (non-hydrogen) atoms. The molecular formula is C25H28N6O3S. The Morgan fingerprint density at radius 3 is 2.66 bits per heavy atom. The molecule has 182 valence electrons. The van der Waals surface area contributed by atoms with Crippen LogP contribution in [0.2, 0.25) is 0 Å². The minimum absolute atomic E-state index is 0.0167. The minimum atomic E-state index is -0.624. The highest BCUT2D eigenvalue weighted by molar-refractivity contribution is 7.07. The van der Waals surface area contributed by atoms with E-state index in [1.54, 1.807) is 25.1 Å². The molecule has 0 bridgehead atoms. The van der Waals surface area contributed by atoms with Crippen LogP contribution in [-0.2, 0) is 16.1 Å². The first-order valence-corrected chi connectivity index (χ1v) is 12.2. The zero-order chi connectivity index (χ0) is 25.2. The molecule has 3 N–H and O–H groups in total. The highest BCUT2D eigenvalue weighted by Crippen LogP contribution is 2.15. The van der Waals surface area contributed by atoms with Crippen LogP contribution in [0.3, 0.4) is 0 Å². The third kappa shape index (κ3) is 6.82. The van der Waals surface area contributed by atoms with Gasteiger partial charge in [-0.15, -0.1) is 17.8 Å². The van der Waals surface area contributed by atoms with E-state index in [9.17, 15) is 19.6 Å². The predicted octanol–water partition coefficient (Wildman–Crippen LogP) is 0.628. The first-order chi connectivity index (χ1) is 17.0. The number of hydrogen-bond acceptors (Lipinski definition) is 7. The van der Waals surface area contributed by atoms with E-state index in [-0.39, 0.29) is 28.2 Å². The van der Waals surface area contributed by atoms with Crippen molar-refractivity contribution in [2.45, 2.75) is 32.7 Å². The fraction of sp³-hybridized carbons (Fsp3) is 0.360. The number of amides is 2. The average molecular weight is 493 g/mol. The van der Waals surface area contributed by atoms with Crippen molar-refractivity contribution >= 4 is 46.3 Å². The van der Waals surface area contributed by atoms with E-state index in [0.717, 1.165) is 37.3 Å². The van der Waals surface area contributed by atoms with Gasteiger partial charge in [-0.3, -0.25) is 23.9 Å². The van der Waals surface area contributed by atoms with Crippen LogP contribution in [0.1, 0.15) is 26.2 Å². The summed E-state index contributed by atoms with van der Waals surface area (Å²) in [6, 6.07) is 9.07. The summed E-state index contributed by atoms with van der Waals surface area (Å²) in [5.41, 5.74) is 0.841. The van der Waals surface area contributed by atoms with Crippen LogP contribution in [-0.4, -0.2) is 47.5 Å². The lowest BCUT2D eigenvalue weighted by Crippen LogP contribution is -2.36. The Balaban J connectivity index is 1.80. The van der Waals surface area contributed by atoms with Gasteiger partial charge in [0, 0.05) is 24.1 Å². The van der Waals surface area contributed by atoms with Crippen molar-refractivity contribution in [3.63, 3.8) is 0 Å². The molecule has 1 aliphatic heterocycles. The van der Waals surface area contributed by atoms with Crippen molar-refractivity contribution in [2.24, 2.45) is 0 Å². The van der Waals surface area contributed by atoms with Crippen LogP contribution < -0.4 is 30.7 Å². The van der Waals surface area contributed by atoms with Crippen LogP contribution in [0.15, 0.2) is 29.1 Å². The molecule has 0 atom stereocenters. The van der Waals surface area contributed by atoms with Gasteiger partial charge in [0.15, 0.2) is 5.57 Å². The number of benzene rings is 1. The Labute approximate surface area is 207 Å². The highest BCUT2D eigenvalue weighted by Gasteiger charge is 2.15. The molecule has 0 radical (unpaired) electrons. The second kappa shape index (κ2) is 12.6. The van der Waals surface area contributed by atoms with Gasteiger partial charge in [0.25, 0.3) is 11.5 Å². The Kier molecular flexibility index (Phi) is 9.24. The normalized spacial score (nSPS) is 15.0. The number of nitrogens with one attached hydrogen (secondary N) is 3. The van der Waals surface area contributed by atoms with Gasteiger partial charge in [0.2, 0.25) is 5.91 Å².